The average Bonchev–Trinajstić information content (AvgIpc) is 2.66. The molecule has 2 heteroatoms. The summed E-state index contributed by atoms with van der Waals surface area (Å²) in [6, 6.07) is 15.1. The maximum atomic E-state index is 3.32. The molecule has 76 valence electrons. The minimum absolute atomic E-state index is 0.757. The second-order valence-corrected chi connectivity index (χ2v) is 5.04. The van der Waals surface area contributed by atoms with Gasteiger partial charge >= 0.3 is 0 Å². The summed E-state index contributed by atoms with van der Waals surface area (Å²) in [4.78, 5) is 2.91. The molecular formula is C13H13NS. The summed E-state index contributed by atoms with van der Waals surface area (Å²) in [5.41, 5.74) is 1.33. The van der Waals surface area contributed by atoms with E-state index in [4.69, 9.17) is 0 Å². The molecule has 0 saturated carbocycles. The summed E-state index contributed by atoms with van der Waals surface area (Å²) >= 11 is 1.93. The van der Waals surface area contributed by atoms with Crippen LogP contribution in [0.25, 0.3) is 10.4 Å². The smallest absolute Gasteiger partial charge is 0.0345 e. The second-order valence-electron chi connectivity index (χ2n) is 3.92. The summed E-state index contributed by atoms with van der Waals surface area (Å²) in [5.74, 6) is 0.757. The zero-order chi connectivity index (χ0) is 10.1. The zero-order valence-electron chi connectivity index (χ0n) is 8.44. The number of benzene rings is 1. The van der Waals surface area contributed by atoms with E-state index in [0.717, 1.165) is 19.0 Å². The van der Waals surface area contributed by atoms with Crippen LogP contribution in [0, 0.1) is 0 Å². The summed E-state index contributed by atoms with van der Waals surface area (Å²) in [7, 11) is 0. The van der Waals surface area contributed by atoms with Crippen LogP contribution < -0.4 is 5.32 Å². The van der Waals surface area contributed by atoms with Crippen molar-refractivity contribution in [2.45, 2.75) is 5.92 Å². The van der Waals surface area contributed by atoms with Gasteiger partial charge in [0.1, 0.15) is 0 Å². The van der Waals surface area contributed by atoms with Crippen LogP contribution in [-0.2, 0) is 0 Å². The third-order valence-corrected chi connectivity index (χ3v) is 4.17. The lowest BCUT2D eigenvalue weighted by molar-refractivity contribution is 0.454. The van der Waals surface area contributed by atoms with Gasteiger partial charge in [0.2, 0.25) is 0 Å². The quantitative estimate of drug-likeness (QED) is 0.811. The highest BCUT2D eigenvalue weighted by Gasteiger charge is 2.20. The van der Waals surface area contributed by atoms with Gasteiger partial charge < -0.3 is 5.32 Å². The molecule has 0 aliphatic carbocycles. The largest absolute Gasteiger partial charge is 0.315 e. The fourth-order valence-corrected chi connectivity index (χ4v) is 2.93. The third-order valence-electron chi connectivity index (χ3n) is 2.87. The van der Waals surface area contributed by atoms with E-state index < -0.39 is 0 Å². The molecule has 1 fully saturated rings. The van der Waals surface area contributed by atoms with Crippen molar-refractivity contribution in [1.82, 2.24) is 5.32 Å². The molecular weight excluding hydrogens is 202 g/mol. The first-order valence-electron chi connectivity index (χ1n) is 5.29. The Kier molecular flexibility index (Phi) is 2.31. The highest BCUT2D eigenvalue weighted by atomic mass is 32.1. The molecule has 2 aromatic rings. The van der Waals surface area contributed by atoms with Crippen molar-refractivity contribution in [1.29, 1.82) is 0 Å². The van der Waals surface area contributed by atoms with E-state index >= 15 is 0 Å². The molecule has 0 atom stereocenters. The minimum Gasteiger partial charge on any atom is -0.315 e. The molecule has 2 heterocycles. The van der Waals surface area contributed by atoms with Crippen LogP contribution >= 0.6 is 11.3 Å². The van der Waals surface area contributed by atoms with Gasteiger partial charge in [-0.25, -0.2) is 0 Å². The van der Waals surface area contributed by atoms with Gasteiger partial charge in [-0.05, 0) is 17.7 Å². The molecule has 15 heavy (non-hydrogen) atoms. The molecule has 1 saturated heterocycles. The van der Waals surface area contributed by atoms with Gasteiger partial charge in [-0.15, -0.1) is 11.3 Å². The van der Waals surface area contributed by atoms with Crippen molar-refractivity contribution >= 4 is 11.3 Å². The van der Waals surface area contributed by atoms with Crippen molar-refractivity contribution < 1.29 is 0 Å². The van der Waals surface area contributed by atoms with Crippen molar-refractivity contribution in [2.24, 2.45) is 0 Å². The third kappa shape index (κ3) is 1.71. The summed E-state index contributed by atoms with van der Waals surface area (Å²) in [6.07, 6.45) is 0. The molecule has 3 rings (SSSR count). The first-order chi connectivity index (χ1) is 7.43. The minimum atomic E-state index is 0.757. The van der Waals surface area contributed by atoms with Gasteiger partial charge in [0, 0.05) is 28.8 Å². The molecule has 1 N–H and O–H groups in total. The van der Waals surface area contributed by atoms with E-state index in [-0.39, 0.29) is 0 Å². The highest BCUT2D eigenvalue weighted by Crippen LogP contribution is 2.33. The van der Waals surface area contributed by atoms with E-state index in [1.165, 1.54) is 15.3 Å². The first-order valence-corrected chi connectivity index (χ1v) is 6.11. The van der Waals surface area contributed by atoms with Gasteiger partial charge in [0.05, 0.1) is 0 Å². The highest BCUT2D eigenvalue weighted by molar-refractivity contribution is 7.15. The predicted molar refractivity (Wildman–Crippen MR) is 65.4 cm³/mol. The van der Waals surface area contributed by atoms with Gasteiger partial charge in [-0.3, -0.25) is 0 Å². The standard InChI is InChI=1S/C13H13NS/c1-2-4-10(5-3-1)12-6-7-13(15-12)11-8-14-9-11/h1-7,11,14H,8-9H2. The zero-order valence-corrected chi connectivity index (χ0v) is 9.26. The molecule has 1 aromatic heterocycles. The lowest BCUT2D eigenvalue weighted by atomic mass is 10.0. The normalized spacial score (nSPS) is 16.3. The van der Waals surface area contributed by atoms with Crippen molar-refractivity contribution in [3.05, 3.63) is 47.3 Å². The SMILES string of the molecule is c1ccc(-c2ccc(C3CNC3)s2)cc1. The van der Waals surface area contributed by atoms with Gasteiger partial charge in [0.15, 0.2) is 0 Å². The first kappa shape index (κ1) is 9.13. The molecule has 1 aromatic carbocycles. The van der Waals surface area contributed by atoms with E-state index in [9.17, 15) is 0 Å². The van der Waals surface area contributed by atoms with Crippen molar-refractivity contribution in [3.8, 4) is 10.4 Å². The molecule has 1 aliphatic rings. The Morgan fingerprint density at radius 3 is 2.47 bits per heavy atom. The Balaban J connectivity index is 1.90. The fraction of sp³-hybridized carbons (Fsp3) is 0.231. The number of rotatable bonds is 2. The second kappa shape index (κ2) is 3.80. The maximum Gasteiger partial charge on any atom is 0.0345 e. The number of hydrogen-bond donors (Lipinski definition) is 1. The summed E-state index contributed by atoms with van der Waals surface area (Å²) < 4.78 is 0. The van der Waals surface area contributed by atoms with Gasteiger partial charge in [-0.2, -0.15) is 0 Å². The average molecular weight is 215 g/mol. The van der Waals surface area contributed by atoms with Crippen LogP contribution in [0.2, 0.25) is 0 Å². The van der Waals surface area contributed by atoms with Crippen LogP contribution in [-0.4, -0.2) is 13.1 Å². The molecule has 0 radical (unpaired) electrons. The number of hydrogen-bond acceptors (Lipinski definition) is 2. The fourth-order valence-electron chi connectivity index (χ4n) is 1.82. The van der Waals surface area contributed by atoms with Gasteiger partial charge in [0.25, 0.3) is 0 Å². The number of nitrogens with one attached hydrogen (secondary N) is 1. The maximum absolute atomic E-state index is 3.32. The topological polar surface area (TPSA) is 12.0 Å². The molecule has 0 bridgehead atoms. The molecule has 0 amide bonds. The molecule has 0 spiro atoms. The van der Waals surface area contributed by atoms with Crippen LogP contribution in [0.15, 0.2) is 42.5 Å². The monoisotopic (exact) mass is 215 g/mol. The van der Waals surface area contributed by atoms with Crippen LogP contribution in [0.3, 0.4) is 0 Å². The lowest BCUT2D eigenvalue weighted by Gasteiger charge is -2.25. The molecule has 1 nitrogen and oxygen atoms in total. The van der Waals surface area contributed by atoms with E-state index in [1.54, 1.807) is 0 Å². The van der Waals surface area contributed by atoms with E-state index in [0.29, 0.717) is 0 Å². The molecule has 1 aliphatic heterocycles. The van der Waals surface area contributed by atoms with Crippen LogP contribution in [0.4, 0.5) is 0 Å². The Morgan fingerprint density at radius 1 is 1.00 bits per heavy atom. The predicted octanol–water partition coefficient (Wildman–Crippen LogP) is 3.10. The van der Waals surface area contributed by atoms with E-state index in [1.807, 2.05) is 11.3 Å². The molecule has 0 unspecified atom stereocenters. The summed E-state index contributed by atoms with van der Waals surface area (Å²) in [6.45, 7) is 2.30. The van der Waals surface area contributed by atoms with Crippen LogP contribution in [0.5, 0.6) is 0 Å². The van der Waals surface area contributed by atoms with Crippen LogP contribution in [0.1, 0.15) is 10.8 Å². The van der Waals surface area contributed by atoms with Gasteiger partial charge in [-0.1, -0.05) is 30.3 Å². The Labute approximate surface area is 93.8 Å². The Hall–Kier alpha value is -1.12. The Bertz CT molecular complexity index is 443. The lowest BCUT2D eigenvalue weighted by Crippen LogP contribution is -2.39. The van der Waals surface area contributed by atoms with Crippen molar-refractivity contribution in [2.75, 3.05) is 13.1 Å². The number of thiophene rings is 1. The van der Waals surface area contributed by atoms with E-state index in [2.05, 4.69) is 47.8 Å². The summed E-state index contributed by atoms with van der Waals surface area (Å²) in [5, 5.41) is 3.32. The Morgan fingerprint density at radius 2 is 1.80 bits per heavy atom. The van der Waals surface area contributed by atoms with Crippen molar-refractivity contribution in [3.63, 3.8) is 0 Å².